The number of carboxylic acids is 1. The number of hydrogen-bond donors (Lipinski definition) is 3. The Kier molecular flexibility index (Phi) is 5.90. The summed E-state index contributed by atoms with van der Waals surface area (Å²) in [5.74, 6) is -0.309. The number of benzene rings is 2. The third-order valence-electron chi connectivity index (χ3n) is 5.86. The average molecular weight is 410 g/mol. The number of hydrogen-bond acceptors (Lipinski definition) is 5. The number of nitrogens with one attached hydrogen (secondary N) is 1. The minimum atomic E-state index is -1.04. The largest absolute Gasteiger partial charge is 0.478 e. The highest BCUT2D eigenvalue weighted by atomic mass is 16.7. The molecule has 0 saturated carbocycles. The van der Waals surface area contributed by atoms with Crippen molar-refractivity contribution in [1.29, 1.82) is 0 Å². The maximum absolute atomic E-state index is 12.5. The lowest BCUT2D eigenvalue weighted by molar-refractivity contribution is -0.122. The summed E-state index contributed by atoms with van der Waals surface area (Å²) in [6.45, 7) is 0.597. The predicted molar refractivity (Wildman–Crippen MR) is 111 cm³/mol. The van der Waals surface area contributed by atoms with Crippen molar-refractivity contribution in [3.63, 3.8) is 0 Å². The van der Waals surface area contributed by atoms with Gasteiger partial charge >= 0.3 is 5.97 Å². The molecule has 7 nitrogen and oxygen atoms in total. The average Bonchev–Trinajstić information content (AvgIpc) is 3.33. The van der Waals surface area contributed by atoms with Crippen LogP contribution >= 0.6 is 0 Å². The van der Waals surface area contributed by atoms with E-state index in [-0.39, 0.29) is 36.0 Å². The Morgan fingerprint density at radius 1 is 1.13 bits per heavy atom. The number of fused-ring (bicyclic) bond motifs is 2. The highest BCUT2D eigenvalue weighted by Gasteiger charge is 2.35. The van der Waals surface area contributed by atoms with Gasteiger partial charge in [0.1, 0.15) is 5.56 Å². The molecule has 0 unspecified atom stereocenters. The van der Waals surface area contributed by atoms with Crippen LogP contribution in [-0.2, 0) is 17.6 Å². The van der Waals surface area contributed by atoms with E-state index in [1.807, 2.05) is 12.1 Å². The standard InChI is InChI=1S/C23H26N2O5/c24-10-4-3-7-20(26)25-18-12-14-5-1-2-6-16(14)17(18)11-15-8-9-19-22(30-13-29-19)21(15)23(27)28/h1-2,5-6,8-9,17-18H,3-4,7,10-13,24H2,(H,25,26)(H,27,28)/t17-,18+/m1/s1. The van der Waals surface area contributed by atoms with Gasteiger partial charge in [0.15, 0.2) is 11.5 Å². The van der Waals surface area contributed by atoms with Crippen molar-refractivity contribution in [2.24, 2.45) is 5.73 Å². The van der Waals surface area contributed by atoms with E-state index in [2.05, 4.69) is 17.4 Å². The Labute approximate surface area is 175 Å². The molecule has 0 aromatic heterocycles. The van der Waals surface area contributed by atoms with Crippen molar-refractivity contribution in [2.45, 2.75) is 44.1 Å². The molecule has 0 radical (unpaired) electrons. The van der Waals surface area contributed by atoms with E-state index in [4.69, 9.17) is 15.2 Å². The maximum atomic E-state index is 12.5. The molecule has 2 aromatic carbocycles. The molecule has 158 valence electrons. The highest BCUT2D eigenvalue weighted by Crippen LogP contribution is 2.41. The van der Waals surface area contributed by atoms with Crippen molar-refractivity contribution >= 4 is 11.9 Å². The lowest BCUT2D eigenvalue weighted by atomic mass is 9.88. The van der Waals surface area contributed by atoms with Crippen LogP contribution in [0.1, 0.15) is 52.2 Å². The molecule has 0 spiro atoms. The molecule has 1 amide bonds. The molecule has 2 atom stereocenters. The second-order valence-electron chi connectivity index (χ2n) is 7.77. The molecule has 1 heterocycles. The van der Waals surface area contributed by atoms with Crippen LogP contribution in [0, 0.1) is 0 Å². The number of aromatic carboxylic acids is 1. The van der Waals surface area contributed by atoms with Gasteiger partial charge in [-0.3, -0.25) is 4.79 Å². The summed E-state index contributed by atoms with van der Waals surface area (Å²) >= 11 is 0. The molecule has 2 aromatic rings. The number of nitrogens with two attached hydrogens (primary N) is 1. The highest BCUT2D eigenvalue weighted by molar-refractivity contribution is 5.94. The number of ether oxygens (including phenoxy) is 2. The van der Waals surface area contributed by atoms with Crippen molar-refractivity contribution < 1.29 is 24.2 Å². The van der Waals surface area contributed by atoms with Crippen LogP contribution < -0.4 is 20.5 Å². The van der Waals surface area contributed by atoms with Gasteiger partial charge in [0.25, 0.3) is 0 Å². The Bertz CT molecular complexity index is 959. The summed E-state index contributed by atoms with van der Waals surface area (Å²) in [6, 6.07) is 11.6. The second kappa shape index (κ2) is 8.75. The lowest BCUT2D eigenvalue weighted by Gasteiger charge is -2.23. The third kappa shape index (κ3) is 3.98. The molecule has 30 heavy (non-hydrogen) atoms. The van der Waals surface area contributed by atoms with Gasteiger partial charge in [-0.15, -0.1) is 0 Å². The molecule has 4 N–H and O–H groups in total. The number of unbranched alkanes of at least 4 members (excludes halogenated alkanes) is 1. The van der Waals surface area contributed by atoms with Crippen molar-refractivity contribution in [2.75, 3.05) is 13.3 Å². The van der Waals surface area contributed by atoms with Crippen molar-refractivity contribution in [1.82, 2.24) is 5.32 Å². The zero-order chi connectivity index (χ0) is 21.1. The first-order chi connectivity index (χ1) is 14.6. The monoisotopic (exact) mass is 410 g/mol. The van der Waals surface area contributed by atoms with Crippen LogP contribution in [0.5, 0.6) is 11.5 Å². The summed E-state index contributed by atoms with van der Waals surface area (Å²) in [6.07, 6.45) is 3.25. The van der Waals surface area contributed by atoms with Gasteiger partial charge in [0.2, 0.25) is 12.7 Å². The van der Waals surface area contributed by atoms with E-state index >= 15 is 0 Å². The molecular weight excluding hydrogens is 384 g/mol. The summed E-state index contributed by atoms with van der Waals surface area (Å²) in [5.41, 5.74) is 8.68. The van der Waals surface area contributed by atoms with E-state index in [0.29, 0.717) is 30.7 Å². The quantitative estimate of drug-likeness (QED) is 0.577. The minimum absolute atomic E-state index is 0.00963. The second-order valence-corrected chi connectivity index (χ2v) is 7.77. The lowest BCUT2D eigenvalue weighted by Crippen LogP contribution is -2.38. The van der Waals surface area contributed by atoms with Crippen molar-refractivity contribution in [3.05, 3.63) is 58.7 Å². The fourth-order valence-electron chi connectivity index (χ4n) is 4.45. The molecule has 4 rings (SSSR count). The third-order valence-corrected chi connectivity index (χ3v) is 5.86. The van der Waals surface area contributed by atoms with Crippen LogP contribution in [0.3, 0.4) is 0 Å². The minimum Gasteiger partial charge on any atom is -0.478 e. The molecule has 7 heteroatoms. The SMILES string of the molecule is NCCCCC(=O)N[C@H]1Cc2ccccc2[C@H]1Cc1ccc2c(c1C(=O)O)OCO2. The van der Waals surface area contributed by atoms with Gasteiger partial charge < -0.3 is 25.6 Å². The molecule has 0 bridgehead atoms. The number of rotatable bonds is 8. The molecule has 1 aliphatic carbocycles. The smallest absolute Gasteiger partial charge is 0.339 e. The van der Waals surface area contributed by atoms with E-state index in [1.54, 1.807) is 12.1 Å². The summed E-state index contributed by atoms with van der Waals surface area (Å²) in [4.78, 5) is 24.5. The van der Waals surface area contributed by atoms with Gasteiger partial charge in [0.05, 0.1) is 0 Å². The number of carbonyl (C=O) groups is 2. The Balaban J connectivity index is 1.60. The number of carboxylic acid groups (broad SMARTS) is 1. The fourth-order valence-corrected chi connectivity index (χ4v) is 4.45. The van der Waals surface area contributed by atoms with Crippen LogP contribution in [0.15, 0.2) is 36.4 Å². The maximum Gasteiger partial charge on any atom is 0.339 e. The number of amides is 1. The van der Waals surface area contributed by atoms with Gasteiger partial charge in [-0.2, -0.15) is 0 Å². The van der Waals surface area contributed by atoms with Gasteiger partial charge in [-0.1, -0.05) is 30.3 Å². The van der Waals surface area contributed by atoms with E-state index < -0.39 is 5.97 Å². The Morgan fingerprint density at radius 3 is 2.77 bits per heavy atom. The first kappa shape index (κ1) is 20.2. The van der Waals surface area contributed by atoms with Crippen LogP contribution in [0.25, 0.3) is 0 Å². The van der Waals surface area contributed by atoms with E-state index in [9.17, 15) is 14.7 Å². The Hall–Kier alpha value is -3.06. The fraction of sp³-hybridized carbons (Fsp3) is 0.391. The summed E-state index contributed by atoms with van der Waals surface area (Å²) in [7, 11) is 0. The summed E-state index contributed by atoms with van der Waals surface area (Å²) in [5, 5.41) is 13.0. The first-order valence-electron chi connectivity index (χ1n) is 10.3. The van der Waals surface area contributed by atoms with Gasteiger partial charge in [-0.25, -0.2) is 4.79 Å². The van der Waals surface area contributed by atoms with E-state index in [1.165, 1.54) is 5.56 Å². The van der Waals surface area contributed by atoms with Gasteiger partial charge in [0, 0.05) is 18.4 Å². The molecule has 0 fully saturated rings. The topological polar surface area (TPSA) is 111 Å². The van der Waals surface area contributed by atoms with Crippen LogP contribution in [0.2, 0.25) is 0 Å². The zero-order valence-corrected chi connectivity index (χ0v) is 16.7. The normalized spacial score (nSPS) is 18.8. The Morgan fingerprint density at radius 2 is 1.97 bits per heavy atom. The van der Waals surface area contributed by atoms with Crippen molar-refractivity contribution in [3.8, 4) is 11.5 Å². The molecule has 2 aliphatic rings. The first-order valence-corrected chi connectivity index (χ1v) is 10.3. The molecular formula is C23H26N2O5. The zero-order valence-electron chi connectivity index (χ0n) is 16.7. The predicted octanol–water partition coefficient (Wildman–Crippen LogP) is 2.61. The molecule has 0 saturated heterocycles. The van der Waals surface area contributed by atoms with E-state index in [0.717, 1.165) is 24.8 Å². The van der Waals surface area contributed by atoms with Crippen LogP contribution in [0.4, 0.5) is 0 Å². The van der Waals surface area contributed by atoms with Crippen LogP contribution in [-0.4, -0.2) is 36.4 Å². The summed E-state index contributed by atoms with van der Waals surface area (Å²) < 4.78 is 10.8. The number of carbonyl (C=O) groups excluding carboxylic acids is 1. The molecule has 1 aliphatic heterocycles. The van der Waals surface area contributed by atoms with Gasteiger partial charge in [-0.05, 0) is 55.0 Å².